The van der Waals surface area contributed by atoms with Crippen LogP contribution in [0.25, 0.3) is 11.2 Å². The average molecular weight is 190 g/mol. The molecule has 2 aromatic heterocycles. The van der Waals surface area contributed by atoms with Crippen molar-refractivity contribution in [3.63, 3.8) is 0 Å². The SMILES string of the molecule is CC(C)Cn1c(N)nc2cccnc21. The van der Waals surface area contributed by atoms with Gasteiger partial charge in [-0.2, -0.15) is 0 Å². The zero-order valence-corrected chi connectivity index (χ0v) is 8.44. The summed E-state index contributed by atoms with van der Waals surface area (Å²) in [5.74, 6) is 1.09. The molecular formula is C10H14N4. The molecule has 0 bridgehead atoms. The summed E-state index contributed by atoms with van der Waals surface area (Å²) in [7, 11) is 0. The number of hydrogen-bond donors (Lipinski definition) is 1. The van der Waals surface area contributed by atoms with E-state index >= 15 is 0 Å². The first-order chi connectivity index (χ1) is 6.68. The Kier molecular flexibility index (Phi) is 2.11. The number of hydrogen-bond acceptors (Lipinski definition) is 3. The number of fused-ring (bicyclic) bond motifs is 1. The fraction of sp³-hybridized carbons (Fsp3) is 0.400. The molecule has 0 saturated carbocycles. The van der Waals surface area contributed by atoms with Gasteiger partial charge in [-0.05, 0) is 18.1 Å². The largest absolute Gasteiger partial charge is 0.369 e. The number of imidazole rings is 1. The highest BCUT2D eigenvalue weighted by atomic mass is 15.2. The van der Waals surface area contributed by atoms with Crippen LogP contribution in [0.1, 0.15) is 13.8 Å². The van der Waals surface area contributed by atoms with E-state index in [1.807, 2.05) is 16.7 Å². The Labute approximate surface area is 82.8 Å². The number of anilines is 1. The minimum atomic E-state index is 0.539. The first-order valence-electron chi connectivity index (χ1n) is 4.75. The van der Waals surface area contributed by atoms with Gasteiger partial charge >= 0.3 is 0 Å². The van der Waals surface area contributed by atoms with Crippen molar-refractivity contribution in [3.8, 4) is 0 Å². The summed E-state index contributed by atoms with van der Waals surface area (Å²) in [5, 5.41) is 0. The van der Waals surface area contributed by atoms with Gasteiger partial charge in [-0.15, -0.1) is 0 Å². The van der Waals surface area contributed by atoms with Crippen LogP contribution in [0.4, 0.5) is 5.95 Å². The summed E-state index contributed by atoms with van der Waals surface area (Å²) in [6.45, 7) is 5.15. The maximum atomic E-state index is 5.81. The summed E-state index contributed by atoms with van der Waals surface area (Å²) in [4.78, 5) is 8.52. The van der Waals surface area contributed by atoms with Crippen molar-refractivity contribution in [1.82, 2.24) is 14.5 Å². The molecular weight excluding hydrogens is 176 g/mol. The van der Waals surface area contributed by atoms with Gasteiger partial charge in [0.2, 0.25) is 5.95 Å². The molecule has 0 aliphatic heterocycles. The predicted octanol–water partition coefficient (Wildman–Crippen LogP) is 1.67. The lowest BCUT2D eigenvalue weighted by Gasteiger charge is -2.07. The van der Waals surface area contributed by atoms with Gasteiger partial charge in [-0.25, -0.2) is 9.97 Å². The van der Waals surface area contributed by atoms with E-state index in [1.54, 1.807) is 6.20 Å². The molecule has 2 heterocycles. The molecule has 0 spiro atoms. The number of nitrogens with two attached hydrogens (primary N) is 1. The Morgan fingerprint density at radius 1 is 1.50 bits per heavy atom. The summed E-state index contributed by atoms with van der Waals surface area (Å²) in [5.41, 5.74) is 7.55. The zero-order valence-electron chi connectivity index (χ0n) is 8.44. The quantitative estimate of drug-likeness (QED) is 0.783. The van der Waals surface area contributed by atoms with Crippen LogP contribution >= 0.6 is 0 Å². The molecule has 0 radical (unpaired) electrons. The molecule has 0 aliphatic rings. The fourth-order valence-electron chi connectivity index (χ4n) is 1.52. The molecule has 0 aliphatic carbocycles. The Balaban J connectivity index is 2.56. The molecule has 14 heavy (non-hydrogen) atoms. The molecule has 0 saturated heterocycles. The first-order valence-corrected chi connectivity index (χ1v) is 4.75. The lowest BCUT2D eigenvalue weighted by atomic mass is 10.2. The molecule has 74 valence electrons. The van der Waals surface area contributed by atoms with Gasteiger partial charge in [0.15, 0.2) is 5.65 Å². The van der Waals surface area contributed by atoms with Gasteiger partial charge < -0.3 is 5.73 Å². The monoisotopic (exact) mass is 190 g/mol. The highest BCUT2D eigenvalue weighted by Gasteiger charge is 2.09. The highest BCUT2D eigenvalue weighted by molar-refractivity contribution is 5.73. The van der Waals surface area contributed by atoms with E-state index < -0.39 is 0 Å². The molecule has 2 N–H and O–H groups in total. The number of pyridine rings is 1. The van der Waals surface area contributed by atoms with E-state index in [0.717, 1.165) is 17.7 Å². The van der Waals surface area contributed by atoms with Crippen LogP contribution in [0.3, 0.4) is 0 Å². The number of nitrogens with zero attached hydrogens (tertiary/aromatic N) is 3. The van der Waals surface area contributed by atoms with Crippen molar-refractivity contribution in [2.75, 3.05) is 5.73 Å². The van der Waals surface area contributed by atoms with Crippen molar-refractivity contribution in [2.24, 2.45) is 5.92 Å². The van der Waals surface area contributed by atoms with Crippen LogP contribution in [0.15, 0.2) is 18.3 Å². The second-order valence-corrected chi connectivity index (χ2v) is 3.82. The third kappa shape index (κ3) is 1.43. The van der Waals surface area contributed by atoms with Crippen LogP contribution in [0.2, 0.25) is 0 Å². The molecule has 4 heteroatoms. The van der Waals surface area contributed by atoms with Crippen LogP contribution in [0, 0.1) is 5.92 Å². The van der Waals surface area contributed by atoms with Gasteiger partial charge in [-0.3, -0.25) is 4.57 Å². The average Bonchev–Trinajstić information content (AvgIpc) is 2.43. The second kappa shape index (κ2) is 3.29. The van der Waals surface area contributed by atoms with Crippen molar-refractivity contribution in [2.45, 2.75) is 20.4 Å². The molecule has 0 fully saturated rings. The lowest BCUT2D eigenvalue weighted by Crippen LogP contribution is -2.08. The summed E-state index contributed by atoms with van der Waals surface area (Å²) in [6.07, 6.45) is 1.76. The molecule has 2 aromatic rings. The number of nitrogen functional groups attached to an aromatic ring is 1. The van der Waals surface area contributed by atoms with Gasteiger partial charge in [0.25, 0.3) is 0 Å². The molecule has 4 nitrogen and oxygen atoms in total. The Morgan fingerprint density at radius 3 is 3.00 bits per heavy atom. The maximum Gasteiger partial charge on any atom is 0.202 e. The number of rotatable bonds is 2. The summed E-state index contributed by atoms with van der Waals surface area (Å²) >= 11 is 0. The summed E-state index contributed by atoms with van der Waals surface area (Å²) < 4.78 is 1.96. The second-order valence-electron chi connectivity index (χ2n) is 3.82. The van der Waals surface area contributed by atoms with E-state index in [2.05, 4.69) is 23.8 Å². The van der Waals surface area contributed by atoms with E-state index in [9.17, 15) is 0 Å². The normalized spacial score (nSPS) is 11.4. The van der Waals surface area contributed by atoms with Crippen molar-refractivity contribution in [1.29, 1.82) is 0 Å². The molecule has 2 rings (SSSR count). The van der Waals surface area contributed by atoms with E-state index in [4.69, 9.17) is 5.73 Å². The van der Waals surface area contributed by atoms with E-state index in [-0.39, 0.29) is 0 Å². The van der Waals surface area contributed by atoms with Gasteiger partial charge in [0.05, 0.1) is 0 Å². The van der Waals surface area contributed by atoms with E-state index in [1.165, 1.54) is 0 Å². The highest BCUT2D eigenvalue weighted by Crippen LogP contribution is 2.16. The summed E-state index contributed by atoms with van der Waals surface area (Å²) in [6, 6.07) is 3.80. The standard InChI is InChI=1S/C10H14N4/c1-7(2)6-14-9-8(13-10(14)11)4-3-5-12-9/h3-5,7H,6H2,1-2H3,(H2,11,13). The molecule has 0 aromatic carbocycles. The Hall–Kier alpha value is -1.58. The van der Waals surface area contributed by atoms with Crippen LogP contribution in [-0.4, -0.2) is 14.5 Å². The van der Waals surface area contributed by atoms with Gasteiger partial charge in [0.1, 0.15) is 5.52 Å². The van der Waals surface area contributed by atoms with Crippen molar-refractivity contribution < 1.29 is 0 Å². The molecule has 0 unspecified atom stereocenters. The molecule has 0 amide bonds. The first kappa shape index (κ1) is 8.99. The van der Waals surface area contributed by atoms with Crippen LogP contribution < -0.4 is 5.73 Å². The van der Waals surface area contributed by atoms with Crippen LogP contribution in [-0.2, 0) is 6.54 Å². The van der Waals surface area contributed by atoms with Gasteiger partial charge in [-0.1, -0.05) is 13.8 Å². The topological polar surface area (TPSA) is 56.7 Å². The Bertz CT molecular complexity index is 444. The lowest BCUT2D eigenvalue weighted by molar-refractivity contribution is 0.535. The minimum Gasteiger partial charge on any atom is -0.369 e. The van der Waals surface area contributed by atoms with E-state index in [0.29, 0.717) is 11.9 Å². The maximum absolute atomic E-state index is 5.81. The van der Waals surface area contributed by atoms with Crippen molar-refractivity contribution >= 4 is 17.1 Å². The fourth-order valence-corrected chi connectivity index (χ4v) is 1.52. The zero-order chi connectivity index (χ0) is 10.1. The third-order valence-corrected chi connectivity index (χ3v) is 2.08. The molecule has 0 atom stereocenters. The van der Waals surface area contributed by atoms with Crippen LogP contribution in [0.5, 0.6) is 0 Å². The minimum absolute atomic E-state index is 0.539. The predicted molar refractivity (Wildman–Crippen MR) is 56.8 cm³/mol. The smallest absolute Gasteiger partial charge is 0.202 e. The van der Waals surface area contributed by atoms with Gasteiger partial charge in [0, 0.05) is 12.7 Å². The number of aromatic nitrogens is 3. The third-order valence-electron chi connectivity index (χ3n) is 2.08. The van der Waals surface area contributed by atoms with Crippen molar-refractivity contribution in [3.05, 3.63) is 18.3 Å². The Morgan fingerprint density at radius 2 is 2.29 bits per heavy atom.